The molecule has 2 aromatic carbocycles. The molecule has 0 saturated carbocycles. The number of nitrogens with one attached hydrogen (secondary N) is 2. The Morgan fingerprint density at radius 2 is 1.83 bits per heavy atom. The van der Waals surface area contributed by atoms with Gasteiger partial charge >= 0.3 is 0 Å². The molecule has 2 heterocycles. The smallest absolute Gasteiger partial charge is 0.244 e. The molecule has 1 amide bonds. The maximum Gasteiger partial charge on any atom is 0.244 e. The van der Waals surface area contributed by atoms with Crippen LogP contribution in [0.5, 0.6) is 11.5 Å². The summed E-state index contributed by atoms with van der Waals surface area (Å²) in [5.41, 5.74) is 0.656. The summed E-state index contributed by atoms with van der Waals surface area (Å²) < 4.78 is 39.1. The molecule has 1 atom stereocenters. The topological polar surface area (TPSA) is 107 Å². The zero-order valence-electron chi connectivity index (χ0n) is 15.1. The number of fused-ring (bicyclic) bond motifs is 2. The molecule has 1 aliphatic heterocycles. The van der Waals surface area contributed by atoms with Gasteiger partial charge in [-0.2, -0.15) is 4.72 Å². The SMILES string of the molecule is C[C@H](NS(=O)(=O)c1ccc(Cl)cc1)C(=O)Nc1nc2cc3c(cc2s1)OCCO3. The van der Waals surface area contributed by atoms with Gasteiger partial charge in [0.05, 0.1) is 21.2 Å². The molecule has 4 rings (SSSR count). The van der Waals surface area contributed by atoms with Crippen LogP contribution < -0.4 is 19.5 Å². The number of nitrogens with zero attached hydrogens (tertiary/aromatic N) is 1. The normalized spacial score (nSPS) is 14.6. The number of halogens is 1. The van der Waals surface area contributed by atoms with E-state index in [1.165, 1.54) is 42.5 Å². The molecule has 152 valence electrons. The van der Waals surface area contributed by atoms with Gasteiger partial charge in [-0.3, -0.25) is 4.79 Å². The lowest BCUT2D eigenvalue weighted by Gasteiger charge is -2.17. The Morgan fingerprint density at radius 1 is 1.17 bits per heavy atom. The minimum Gasteiger partial charge on any atom is -0.486 e. The van der Waals surface area contributed by atoms with Gasteiger partial charge < -0.3 is 14.8 Å². The number of thiazole rings is 1. The summed E-state index contributed by atoms with van der Waals surface area (Å²) in [6.45, 7) is 2.40. The molecule has 0 bridgehead atoms. The first kappa shape index (κ1) is 19.9. The van der Waals surface area contributed by atoms with E-state index in [1.807, 2.05) is 6.07 Å². The highest BCUT2D eigenvalue weighted by molar-refractivity contribution is 7.89. The minimum atomic E-state index is -3.87. The van der Waals surface area contributed by atoms with Gasteiger partial charge in [0, 0.05) is 17.2 Å². The fourth-order valence-electron chi connectivity index (χ4n) is 2.70. The number of ether oxygens (including phenoxy) is 2. The van der Waals surface area contributed by atoms with Gasteiger partial charge in [-0.05, 0) is 31.2 Å². The quantitative estimate of drug-likeness (QED) is 0.615. The van der Waals surface area contributed by atoms with Crippen molar-refractivity contribution < 1.29 is 22.7 Å². The summed E-state index contributed by atoms with van der Waals surface area (Å²) in [4.78, 5) is 16.9. The molecule has 0 spiro atoms. The lowest BCUT2D eigenvalue weighted by Crippen LogP contribution is -2.41. The highest BCUT2D eigenvalue weighted by Crippen LogP contribution is 2.37. The number of benzene rings is 2. The average molecular weight is 454 g/mol. The number of hydrogen-bond acceptors (Lipinski definition) is 7. The van der Waals surface area contributed by atoms with Crippen LogP contribution in [-0.2, 0) is 14.8 Å². The fourth-order valence-corrected chi connectivity index (χ4v) is 4.91. The number of hydrogen-bond donors (Lipinski definition) is 2. The summed E-state index contributed by atoms with van der Waals surface area (Å²) in [6, 6.07) is 8.22. The molecule has 11 heteroatoms. The molecule has 0 saturated heterocycles. The van der Waals surface area contributed by atoms with Crippen molar-refractivity contribution in [3.63, 3.8) is 0 Å². The van der Waals surface area contributed by atoms with Crippen molar-refractivity contribution in [1.29, 1.82) is 0 Å². The van der Waals surface area contributed by atoms with Gasteiger partial charge in [0.25, 0.3) is 0 Å². The molecular formula is C18H16ClN3O5S2. The van der Waals surface area contributed by atoms with E-state index in [0.717, 1.165) is 4.70 Å². The highest BCUT2D eigenvalue weighted by atomic mass is 35.5. The van der Waals surface area contributed by atoms with E-state index >= 15 is 0 Å². The van der Waals surface area contributed by atoms with E-state index < -0.39 is 22.0 Å². The lowest BCUT2D eigenvalue weighted by molar-refractivity contribution is -0.117. The molecule has 0 fully saturated rings. The van der Waals surface area contributed by atoms with Crippen molar-refractivity contribution >= 4 is 54.2 Å². The summed E-state index contributed by atoms with van der Waals surface area (Å²) in [5.74, 6) is 0.712. The van der Waals surface area contributed by atoms with Gasteiger partial charge in [0.15, 0.2) is 16.6 Å². The van der Waals surface area contributed by atoms with Gasteiger partial charge in [0.2, 0.25) is 15.9 Å². The molecule has 0 radical (unpaired) electrons. The van der Waals surface area contributed by atoms with Crippen LogP contribution in [0.4, 0.5) is 5.13 Å². The Bertz CT molecular complexity index is 1140. The molecule has 1 aromatic heterocycles. The summed E-state index contributed by atoms with van der Waals surface area (Å²) in [7, 11) is -3.87. The first-order valence-electron chi connectivity index (χ1n) is 8.61. The Balaban J connectivity index is 1.47. The standard InChI is InChI=1S/C18H16ClN3O5S2/c1-10(22-29(24,25)12-4-2-11(19)3-5-12)17(23)21-18-20-13-8-14-15(9-16(13)28-18)27-7-6-26-14/h2-5,8-10,22H,6-7H2,1H3,(H,20,21,23)/t10-/m0/s1. The number of carbonyl (C=O) groups is 1. The number of anilines is 1. The lowest BCUT2D eigenvalue weighted by atomic mass is 10.3. The second kappa shape index (κ2) is 7.79. The maximum absolute atomic E-state index is 12.5. The van der Waals surface area contributed by atoms with E-state index in [4.69, 9.17) is 21.1 Å². The third-order valence-electron chi connectivity index (χ3n) is 4.13. The van der Waals surface area contributed by atoms with E-state index in [0.29, 0.717) is 40.4 Å². The fraction of sp³-hybridized carbons (Fsp3) is 0.222. The first-order chi connectivity index (χ1) is 13.8. The van der Waals surface area contributed by atoms with Crippen LogP contribution in [0, 0.1) is 0 Å². The van der Waals surface area contributed by atoms with Crippen LogP contribution in [0.1, 0.15) is 6.92 Å². The van der Waals surface area contributed by atoms with Crippen molar-refractivity contribution in [2.75, 3.05) is 18.5 Å². The van der Waals surface area contributed by atoms with E-state index in [9.17, 15) is 13.2 Å². The van der Waals surface area contributed by atoms with Crippen LogP contribution in [0.2, 0.25) is 5.02 Å². The van der Waals surface area contributed by atoms with Crippen LogP contribution in [0.3, 0.4) is 0 Å². The summed E-state index contributed by atoms with van der Waals surface area (Å²) >= 11 is 7.04. The Kier molecular flexibility index (Phi) is 5.34. The van der Waals surface area contributed by atoms with E-state index in [1.54, 1.807) is 6.07 Å². The first-order valence-corrected chi connectivity index (χ1v) is 11.3. The van der Waals surface area contributed by atoms with Gasteiger partial charge in [-0.1, -0.05) is 22.9 Å². The minimum absolute atomic E-state index is 0.0205. The predicted molar refractivity (Wildman–Crippen MR) is 110 cm³/mol. The van der Waals surface area contributed by atoms with Gasteiger partial charge in [-0.25, -0.2) is 13.4 Å². The number of rotatable bonds is 5. The van der Waals surface area contributed by atoms with Crippen molar-refractivity contribution in [2.45, 2.75) is 17.9 Å². The van der Waals surface area contributed by atoms with E-state index in [-0.39, 0.29) is 4.90 Å². The predicted octanol–water partition coefficient (Wildman–Crippen LogP) is 3.03. The van der Waals surface area contributed by atoms with Crippen LogP contribution in [-0.4, -0.2) is 38.6 Å². The zero-order valence-corrected chi connectivity index (χ0v) is 17.5. The Labute approximate surface area is 175 Å². The van der Waals surface area contributed by atoms with Crippen molar-refractivity contribution in [3.8, 4) is 11.5 Å². The summed E-state index contributed by atoms with van der Waals surface area (Å²) in [5, 5.41) is 3.41. The second-order valence-electron chi connectivity index (χ2n) is 6.27. The largest absolute Gasteiger partial charge is 0.486 e. The van der Waals surface area contributed by atoms with E-state index in [2.05, 4.69) is 15.0 Å². The van der Waals surface area contributed by atoms with Crippen LogP contribution >= 0.6 is 22.9 Å². The Morgan fingerprint density at radius 3 is 2.52 bits per heavy atom. The number of aromatic nitrogens is 1. The zero-order chi connectivity index (χ0) is 20.6. The van der Waals surface area contributed by atoms with Gasteiger partial charge in [0.1, 0.15) is 13.2 Å². The monoisotopic (exact) mass is 453 g/mol. The molecular weight excluding hydrogens is 438 g/mol. The Hall–Kier alpha value is -2.40. The van der Waals surface area contributed by atoms with Crippen molar-refractivity contribution in [3.05, 3.63) is 41.4 Å². The third-order valence-corrected chi connectivity index (χ3v) is 6.87. The number of carbonyl (C=O) groups excluding carboxylic acids is 1. The van der Waals surface area contributed by atoms with Crippen LogP contribution in [0.25, 0.3) is 10.2 Å². The molecule has 29 heavy (non-hydrogen) atoms. The molecule has 1 aliphatic rings. The third kappa shape index (κ3) is 4.30. The molecule has 0 aliphatic carbocycles. The highest BCUT2D eigenvalue weighted by Gasteiger charge is 2.23. The second-order valence-corrected chi connectivity index (χ2v) is 9.45. The number of sulfonamides is 1. The van der Waals surface area contributed by atoms with Crippen molar-refractivity contribution in [2.24, 2.45) is 0 Å². The van der Waals surface area contributed by atoms with Gasteiger partial charge in [-0.15, -0.1) is 0 Å². The number of amides is 1. The van der Waals surface area contributed by atoms with Crippen LogP contribution in [0.15, 0.2) is 41.3 Å². The van der Waals surface area contributed by atoms with Crippen molar-refractivity contribution in [1.82, 2.24) is 9.71 Å². The average Bonchev–Trinajstić information content (AvgIpc) is 3.06. The maximum atomic E-state index is 12.5. The molecule has 8 nitrogen and oxygen atoms in total. The molecule has 2 N–H and O–H groups in total. The molecule has 0 unspecified atom stereocenters. The summed E-state index contributed by atoms with van der Waals surface area (Å²) in [6.07, 6.45) is 0. The molecule has 3 aromatic rings.